The fraction of sp³-hybridized carbons (Fsp3) is 0.500. The lowest BCUT2D eigenvalue weighted by molar-refractivity contribution is 0.132. The van der Waals surface area contributed by atoms with Crippen molar-refractivity contribution in [3.05, 3.63) is 23.3 Å². The van der Waals surface area contributed by atoms with Gasteiger partial charge in [0, 0.05) is 0 Å². The molecular weight excluding hydrogens is 174 g/mol. The van der Waals surface area contributed by atoms with Gasteiger partial charge in [0.2, 0.25) is 0 Å². The van der Waals surface area contributed by atoms with Crippen molar-refractivity contribution < 1.29 is 4.74 Å². The molecule has 78 valence electrons. The molecule has 14 heavy (non-hydrogen) atoms. The molecule has 0 aliphatic heterocycles. The van der Waals surface area contributed by atoms with Crippen LogP contribution in [0.25, 0.3) is 0 Å². The highest BCUT2D eigenvalue weighted by Crippen LogP contribution is 2.28. The number of benzene rings is 1. The van der Waals surface area contributed by atoms with Gasteiger partial charge in [0.1, 0.15) is 11.4 Å². The summed E-state index contributed by atoms with van der Waals surface area (Å²) in [5.74, 6) is 0.778. The number of nitrogen functional groups attached to an aromatic ring is 1. The lowest BCUT2D eigenvalue weighted by Gasteiger charge is -2.23. The summed E-state index contributed by atoms with van der Waals surface area (Å²) in [6.45, 7) is 10.2. The molecule has 0 fully saturated rings. The Balaban J connectivity index is 3.04. The van der Waals surface area contributed by atoms with Crippen molar-refractivity contribution in [1.82, 2.24) is 0 Å². The van der Waals surface area contributed by atoms with Crippen molar-refractivity contribution in [2.45, 2.75) is 40.2 Å². The minimum absolute atomic E-state index is 0.199. The van der Waals surface area contributed by atoms with Crippen LogP contribution < -0.4 is 10.5 Å². The molecule has 0 amide bonds. The quantitative estimate of drug-likeness (QED) is 0.696. The topological polar surface area (TPSA) is 35.2 Å². The molecule has 0 atom stereocenters. The molecule has 2 heteroatoms. The first-order valence-corrected chi connectivity index (χ1v) is 4.85. The van der Waals surface area contributed by atoms with E-state index in [-0.39, 0.29) is 5.60 Å². The van der Waals surface area contributed by atoms with E-state index >= 15 is 0 Å². The molecule has 0 bridgehead atoms. The Morgan fingerprint density at radius 3 is 2.07 bits per heavy atom. The van der Waals surface area contributed by atoms with Crippen LogP contribution in [0.1, 0.15) is 31.9 Å². The van der Waals surface area contributed by atoms with E-state index in [1.807, 2.05) is 39.8 Å². The molecule has 2 N–H and O–H groups in total. The van der Waals surface area contributed by atoms with E-state index in [0.717, 1.165) is 5.75 Å². The van der Waals surface area contributed by atoms with E-state index < -0.39 is 0 Å². The number of hydrogen-bond donors (Lipinski definition) is 1. The minimum atomic E-state index is -0.199. The van der Waals surface area contributed by atoms with Crippen LogP contribution in [0.4, 0.5) is 5.69 Å². The van der Waals surface area contributed by atoms with Gasteiger partial charge in [0.25, 0.3) is 0 Å². The van der Waals surface area contributed by atoms with Crippen molar-refractivity contribution in [3.63, 3.8) is 0 Å². The maximum absolute atomic E-state index is 5.87. The number of nitrogens with two attached hydrogens (primary N) is 1. The molecule has 0 saturated carbocycles. The van der Waals surface area contributed by atoms with Crippen LogP contribution in [0.15, 0.2) is 12.1 Å². The predicted octanol–water partition coefficient (Wildman–Crippen LogP) is 3.06. The molecule has 0 saturated heterocycles. The summed E-state index contributed by atoms with van der Waals surface area (Å²) < 4.78 is 5.74. The van der Waals surface area contributed by atoms with Crippen molar-refractivity contribution in [2.24, 2.45) is 0 Å². The fourth-order valence-corrected chi connectivity index (χ4v) is 1.23. The average Bonchev–Trinajstić information content (AvgIpc) is 1.97. The van der Waals surface area contributed by atoms with Crippen LogP contribution in [0.2, 0.25) is 0 Å². The van der Waals surface area contributed by atoms with Crippen LogP contribution in [0.3, 0.4) is 0 Å². The van der Waals surface area contributed by atoms with E-state index in [2.05, 4.69) is 6.92 Å². The highest BCUT2D eigenvalue weighted by atomic mass is 16.5. The van der Waals surface area contributed by atoms with Crippen molar-refractivity contribution in [1.29, 1.82) is 0 Å². The Morgan fingerprint density at radius 1 is 1.07 bits per heavy atom. The van der Waals surface area contributed by atoms with E-state index in [4.69, 9.17) is 10.5 Å². The van der Waals surface area contributed by atoms with Gasteiger partial charge in [-0.05, 0) is 57.9 Å². The third-order valence-electron chi connectivity index (χ3n) is 2.04. The van der Waals surface area contributed by atoms with Crippen LogP contribution in [0.5, 0.6) is 5.75 Å². The molecule has 1 rings (SSSR count). The fourth-order valence-electron chi connectivity index (χ4n) is 1.23. The zero-order valence-electron chi connectivity index (χ0n) is 9.64. The molecule has 0 aromatic heterocycles. The predicted molar refractivity (Wildman–Crippen MR) is 60.7 cm³/mol. The van der Waals surface area contributed by atoms with Crippen LogP contribution in [-0.4, -0.2) is 5.60 Å². The Bertz CT molecular complexity index is 337. The molecule has 1 aromatic rings. The molecule has 0 heterocycles. The number of ether oxygens (including phenoxy) is 1. The molecule has 0 radical (unpaired) electrons. The van der Waals surface area contributed by atoms with E-state index in [1.165, 1.54) is 11.1 Å². The number of aryl methyl sites for hydroxylation is 2. The van der Waals surface area contributed by atoms with Gasteiger partial charge < -0.3 is 10.5 Å². The average molecular weight is 193 g/mol. The normalized spacial score (nSPS) is 11.5. The van der Waals surface area contributed by atoms with Crippen molar-refractivity contribution in [3.8, 4) is 5.75 Å². The lowest BCUT2D eigenvalue weighted by atomic mass is 10.1. The van der Waals surface area contributed by atoms with Gasteiger partial charge >= 0.3 is 0 Å². The summed E-state index contributed by atoms with van der Waals surface area (Å²) in [6, 6.07) is 3.95. The third kappa shape index (κ3) is 2.66. The molecule has 1 aromatic carbocycles. The Hall–Kier alpha value is -1.18. The Kier molecular flexibility index (Phi) is 2.74. The van der Waals surface area contributed by atoms with Crippen molar-refractivity contribution >= 4 is 5.69 Å². The number of hydrogen-bond acceptors (Lipinski definition) is 2. The van der Waals surface area contributed by atoms with Gasteiger partial charge in [0.15, 0.2) is 0 Å². The summed E-state index contributed by atoms with van der Waals surface area (Å²) in [7, 11) is 0. The van der Waals surface area contributed by atoms with Crippen LogP contribution in [-0.2, 0) is 0 Å². The second-order valence-electron chi connectivity index (χ2n) is 4.69. The first-order valence-electron chi connectivity index (χ1n) is 4.85. The molecule has 0 aliphatic carbocycles. The maximum atomic E-state index is 5.87. The first kappa shape index (κ1) is 10.9. The standard InChI is InChI=1S/C12H19NO/c1-8-6-10(13)11(7-9(8)2)14-12(3,4)5/h6-7H,13H2,1-5H3. The van der Waals surface area contributed by atoms with Gasteiger partial charge in [-0.15, -0.1) is 0 Å². The van der Waals surface area contributed by atoms with Gasteiger partial charge in [-0.25, -0.2) is 0 Å². The van der Waals surface area contributed by atoms with Crippen LogP contribution >= 0.6 is 0 Å². The summed E-state index contributed by atoms with van der Waals surface area (Å²) in [4.78, 5) is 0. The SMILES string of the molecule is Cc1cc(N)c(OC(C)(C)C)cc1C. The Morgan fingerprint density at radius 2 is 1.57 bits per heavy atom. The number of anilines is 1. The highest BCUT2D eigenvalue weighted by Gasteiger charge is 2.14. The highest BCUT2D eigenvalue weighted by molar-refractivity contribution is 5.56. The molecule has 0 aliphatic rings. The summed E-state index contributed by atoms with van der Waals surface area (Å²) in [6.07, 6.45) is 0. The van der Waals surface area contributed by atoms with Gasteiger partial charge in [-0.2, -0.15) is 0 Å². The van der Waals surface area contributed by atoms with Gasteiger partial charge in [-0.1, -0.05) is 0 Å². The molecule has 0 spiro atoms. The first-order chi connectivity index (χ1) is 6.29. The van der Waals surface area contributed by atoms with E-state index in [1.54, 1.807) is 0 Å². The largest absolute Gasteiger partial charge is 0.486 e. The monoisotopic (exact) mass is 193 g/mol. The Labute approximate surface area is 86.1 Å². The molecular formula is C12H19NO. The maximum Gasteiger partial charge on any atom is 0.143 e. The number of rotatable bonds is 1. The lowest BCUT2D eigenvalue weighted by Crippen LogP contribution is -2.23. The summed E-state index contributed by atoms with van der Waals surface area (Å²) in [5, 5.41) is 0. The van der Waals surface area contributed by atoms with Gasteiger partial charge in [-0.3, -0.25) is 0 Å². The minimum Gasteiger partial charge on any atom is -0.486 e. The second-order valence-corrected chi connectivity index (χ2v) is 4.69. The second kappa shape index (κ2) is 3.52. The van der Waals surface area contributed by atoms with Crippen molar-refractivity contribution in [2.75, 3.05) is 5.73 Å². The zero-order valence-corrected chi connectivity index (χ0v) is 9.64. The molecule has 2 nitrogen and oxygen atoms in total. The summed E-state index contributed by atoms with van der Waals surface area (Å²) >= 11 is 0. The summed E-state index contributed by atoms with van der Waals surface area (Å²) in [5.41, 5.74) is 8.79. The zero-order chi connectivity index (χ0) is 10.9. The van der Waals surface area contributed by atoms with E-state index in [0.29, 0.717) is 5.69 Å². The molecule has 0 unspecified atom stereocenters. The van der Waals surface area contributed by atoms with Gasteiger partial charge in [0.05, 0.1) is 5.69 Å². The van der Waals surface area contributed by atoms with Crippen LogP contribution in [0, 0.1) is 13.8 Å². The van der Waals surface area contributed by atoms with E-state index in [9.17, 15) is 0 Å². The third-order valence-corrected chi connectivity index (χ3v) is 2.04. The smallest absolute Gasteiger partial charge is 0.143 e.